The Bertz CT molecular complexity index is 1020. The van der Waals surface area contributed by atoms with Crippen LogP contribution < -0.4 is 10.1 Å². The Morgan fingerprint density at radius 3 is 2.24 bits per heavy atom. The lowest BCUT2D eigenvalue weighted by Gasteiger charge is -2.37. The van der Waals surface area contributed by atoms with E-state index >= 15 is 0 Å². The fraction of sp³-hybridized carbons (Fsp3) is 0.423. The number of rotatable bonds is 5. The Kier molecular flexibility index (Phi) is 6.15. The van der Waals surface area contributed by atoms with Gasteiger partial charge in [-0.05, 0) is 48.1 Å². The average molecular weight is 450 g/mol. The van der Waals surface area contributed by atoms with Crippen molar-refractivity contribution in [3.63, 3.8) is 0 Å². The predicted octanol–water partition coefficient (Wildman–Crippen LogP) is 3.59. The highest BCUT2D eigenvalue weighted by atomic mass is 16.5. The maximum absolute atomic E-state index is 13.1. The molecule has 2 fully saturated rings. The molecule has 4 amide bonds. The summed E-state index contributed by atoms with van der Waals surface area (Å²) < 4.78 is 5.64. The molecule has 2 aliphatic heterocycles. The minimum atomic E-state index is -0.934. The van der Waals surface area contributed by atoms with E-state index in [-0.39, 0.29) is 30.4 Å². The lowest BCUT2D eigenvalue weighted by atomic mass is 9.86. The van der Waals surface area contributed by atoms with E-state index in [0.29, 0.717) is 37.2 Å². The molecule has 2 aromatic rings. The molecule has 2 heterocycles. The van der Waals surface area contributed by atoms with Crippen LogP contribution in [0.1, 0.15) is 49.5 Å². The van der Waals surface area contributed by atoms with Crippen molar-refractivity contribution < 1.29 is 19.1 Å². The van der Waals surface area contributed by atoms with Gasteiger partial charge in [-0.15, -0.1) is 0 Å². The van der Waals surface area contributed by atoms with Crippen molar-refractivity contribution in [1.29, 1.82) is 0 Å². The second-order valence-electron chi connectivity index (χ2n) is 9.75. The van der Waals surface area contributed by atoms with Gasteiger partial charge in [-0.25, -0.2) is 4.79 Å². The van der Waals surface area contributed by atoms with Crippen LogP contribution in [0.4, 0.5) is 4.79 Å². The molecule has 0 aliphatic carbocycles. The zero-order valence-electron chi connectivity index (χ0n) is 19.5. The second kappa shape index (κ2) is 8.89. The number of likely N-dealkylation sites (tertiary alicyclic amines) is 1. The molecule has 0 radical (unpaired) electrons. The van der Waals surface area contributed by atoms with Gasteiger partial charge in [0, 0.05) is 18.7 Å². The van der Waals surface area contributed by atoms with Gasteiger partial charge >= 0.3 is 6.03 Å². The Hall–Kier alpha value is -3.35. The quantitative estimate of drug-likeness (QED) is 0.708. The first-order valence-electron chi connectivity index (χ1n) is 11.4. The molecular weight excluding hydrogens is 418 g/mol. The van der Waals surface area contributed by atoms with E-state index in [0.717, 1.165) is 0 Å². The lowest BCUT2D eigenvalue weighted by molar-refractivity contribution is -0.133. The van der Waals surface area contributed by atoms with Crippen LogP contribution >= 0.6 is 0 Å². The zero-order chi connectivity index (χ0) is 23.6. The summed E-state index contributed by atoms with van der Waals surface area (Å²) in [5, 5.41) is 2.89. The Labute approximate surface area is 194 Å². The highest BCUT2D eigenvalue weighted by molar-refractivity contribution is 6.07. The molecule has 33 heavy (non-hydrogen) atoms. The van der Waals surface area contributed by atoms with Crippen LogP contribution in [0.15, 0.2) is 54.6 Å². The van der Waals surface area contributed by atoms with Crippen LogP contribution in [0.5, 0.6) is 5.75 Å². The number of benzene rings is 2. The molecule has 0 aromatic heterocycles. The number of imide groups is 1. The van der Waals surface area contributed by atoms with Crippen molar-refractivity contribution in [2.75, 3.05) is 26.2 Å². The smallest absolute Gasteiger partial charge is 0.325 e. The zero-order valence-corrected chi connectivity index (χ0v) is 19.5. The Morgan fingerprint density at radius 2 is 1.64 bits per heavy atom. The summed E-state index contributed by atoms with van der Waals surface area (Å²) >= 11 is 0. The topological polar surface area (TPSA) is 79.0 Å². The predicted molar refractivity (Wildman–Crippen MR) is 125 cm³/mol. The largest absolute Gasteiger partial charge is 0.492 e. The number of amides is 4. The van der Waals surface area contributed by atoms with Crippen LogP contribution in [-0.2, 0) is 10.2 Å². The first-order chi connectivity index (χ1) is 15.7. The van der Waals surface area contributed by atoms with Crippen LogP contribution in [0.25, 0.3) is 0 Å². The van der Waals surface area contributed by atoms with E-state index in [1.807, 2.05) is 54.6 Å². The van der Waals surface area contributed by atoms with Crippen molar-refractivity contribution >= 4 is 17.8 Å². The molecule has 0 bridgehead atoms. The summed E-state index contributed by atoms with van der Waals surface area (Å²) in [6, 6.07) is 16.6. The molecule has 4 rings (SSSR count). The van der Waals surface area contributed by atoms with E-state index < -0.39 is 11.6 Å². The molecule has 2 saturated heterocycles. The number of para-hydroxylation sites is 1. The molecule has 7 nitrogen and oxygen atoms in total. The van der Waals surface area contributed by atoms with Crippen molar-refractivity contribution in [3.05, 3.63) is 65.7 Å². The minimum absolute atomic E-state index is 0.0259. The van der Waals surface area contributed by atoms with Gasteiger partial charge in [0.25, 0.3) is 11.8 Å². The minimum Gasteiger partial charge on any atom is -0.492 e. The van der Waals surface area contributed by atoms with Gasteiger partial charge in [-0.3, -0.25) is 14.5 Å². The van der Waals surface area contributed by atoms with Crippen LogP contribution in [0, 0.1) is 0 Å². The molecule has 1 spiro atoms. The van der Waals surface area contributed by atoms with Gasteiger partial charge in [0.15, 0.2) is 0 Å². The van der Waals surface area contributed by atoms with Crippen molar-refractivity contribution in [1.82, 2.24) is 15.1 Å². The summed E-state index contributed by atoms with van der Waals surface area (Å²) in [7, 11) is 0. The fourth-order valence-electron chi connectivity index (χ4n) is 4.38. The first-order valence-corrected chi connectivity index (χ1v) is 11.4. The van der Waals surface area contributed by atoms with E-state index in [9.17, 15) is 14.4 Å². The third-order valence-electron chi connectivity index (χ3n) is 6.47. The number of carbonyl (C=O) groups excluding carboxylic acids is 3. The normalized spacial score (nSPS) is 17.9. The van der Waals surface area contributed by atoms with Gasteiger partial charge in [-0.2, -0.15) is 0 Å². The van der Waals surface area contributed by atoms with E-state index in [2.05, 4.69) is 26.1 Å². The molecule has 174 valence electrons. The van der Waals surface area contributed by atoms with Gasteiger partial charge in [0.2, 0.25) is 0 Å². The molecule has 2 aliphatic rings. The molecule has 7 heteroatoms. The standard InChI is InChI=1S/C26H31N3O4/c1-25(2,3)20-11-9-19(10-12-20)22(30)28-15-13-26(14-16-28)23(31)29(24(32)27-26)17-18-33-21-7-5-4-6-8-21/h4-12H,13-18H2,1-3H3,(H,27,32). The Balaban J connectivity index is 1.34. The average Bonchev–Trinajstić information content (AvgIpc) is 3.03. The highest BCUT2D eigenvalue weighted by Crippen LogP contribution is 2.30. The molecule has 0 unspecified atom stereocenters. The summed E-state index contributed by atoms with van der Waals surface area (Å²) in [6.07, 6.45) is 0.804. The van der Waals surface area contributed by atoms with Crippen molar-refractivity contribution in [3.8, 4) is 5.75 Å². The van der Waals surface area contributed by atoms with E-state index in [4.69, 9.17) is 4.74 Å². The van der Waals surface area contributed by atoms with Crippen LogP contribution in [0.2, 0.25) is 0 Å². The summed E-state index contributed by atoms with van der Waals surface area (Å²) in [4.78, 5) is 41.6. The molecule has 0 saturated carbocycles. The third kappa shape index (κ3) is 4.72. The SMILES string of the molecule is CC(C)(C)c1ccc(C(=O)N2CCC3(CC2)NC(=O)N(CCOc2ccccc2)C3=O)cc1. The van der Waals surface area contributed by atoms with Gasteiger partial charge in [-0.1, -0.05) is 51.1 Å². The number of piperidine rings is 1. The number of nitrogens with zero attached hydrogens (tertiary/aromatic N) is 2. The number of nitrogens with one attached hydrogen (secondary N) is 1. The third-order valence-corrected chi connectivity index (χ3v) is 6.47. The molecule has 1 N–H and O–H groups in total. The summed E-state index contributed by atoms with van der Waals surface area (Å²) in [6.45, 7) is 7.66. The first kappa shape index (κ1) is 22.8. The molecule has 0 atom stereocenters. The highest BCUT2D eigenvalue weighted by Gasteiger charge is 2.52. The van der Waals surface area contributed by atoms with E-state index in [1.54, 1.807) is 4.90 Å². The van der Waals surface area contributed by atoms with Gasteiger partial charge < -0.3 is 15.0 Å². The second-order valence-corrected chi connectivity index (χ2v) is 9.75. The molecular formula is C26H31N3O4. The number of hydrogen-bond donors (Lipinski definition) is 1. The fourth-order valence-corrected chi connectivity index (χ4v) is 4.38. The number of hydrogen-bond acceptors (Lipinski definition) is 4. The maximum Gasteiger partial charge on any atom is 0.325 e. The van der Waals surface area contributed by atoms with Crippen molar-refractivity contribution in [2.24, 2.45) is 0 Å². The van der Waals surface area contributed by atoms with Crippen LogP contribution in [-0.4, -0.2) is 59.4 Å². The summed E-state index contributed by atoms with van der Waals surface area (Å²) in [5.74, 6) is 0.419. The summed E-state index contributed by atoms with van der Waals surface area (Å²) in [5.41, 5.74) is 0.905. The van der Waals surface area contributed by atoms with Crippen molar-refractivity contribution in [2.45, 2.75) is 44.6 Å². The van der Waals surface area contributed by atoms with Gasteiger partial charge in [0.1, 0.15) is 17.9 Å². The monoisotopic (exact) mass is 449 g/mol. The van der Waals surface area contributed by atoms with Gasteiger partial charge in [0.05, 0.1) is 6.54 Å². The number of ether oxygens (including phenoxy) is 1. The number of carbonyl (C=O) groups is 3. The Morgan fingerprint density at radius 1 is 1.00 bits per heavy atom. The molecule has 2 aromatic carbocycles. The maximum atomic E-state index is 13.1. The van der Waals surface area contributed by atoms with Crippen LogP contribution in [0.3, 0.4) is 0 Å². The lowest BCUT2D eigenvalue weighted by Crippen LogP contribution is -2.56. The number of urea groups is 1. The van der Waals surface area contributed by atoms with E-state index in [1.165, 1.54) is 10.5 Å².